The van der Waals surface area contributed by atoms with Gasteiger partial charge in [-0.1, -0.05) is 17.7 Å². The summed E-state index contributed by atoms with van der Waals surface area (Å²) in [5.41, 5.74) is 1.16. The lowest BCUT2D eigenvalue weighted by Crippen LogP contribution is -2.34. The molecule has 0 aromatic heterocycles. The number of benzene rings is 2. The number of hydrogen-bond acceptors (Lipinski definition) is 6. The van der Waals surface area contributed by atoms with Gasteiger partial charge < -0.3 is 0 Å². The predicted octanol–water partition coefficient (Wildman–Crippen LogP) is 2.10. The van der Waals surface area contributed by atoms with Gasteiger partial charge in [-0.05, 0) is 49.4 Å². The summed E-state index contributed by atoms with van der Waals surface area (Å²) in [6.07, 6.45) is 0.677. The summed E-state index contributed by atoms with van der Waals surface area (Å²) < 4.78 is 27.9. The first-order chi connectivity index (χ1) is 15.2. The smallest absolute Gasteiger partial charge is 0.269 e. The van der Waals surface area contributed by atoms with Crippen molar-refractivity contribution in [3.05, 3.63) is 64.2 Å². The number of nitro groups is 1. The molecule has 7 atom stereocenters. The normalized spacial score (nSPS) is 34.5. The Morgan fingerprint density at radius 3 is 1.94 bits per heavy atom. The van der Waals surface area contributed by atoms with E-state index in [1.165, 1.54) is 28.6 Å². The summed E-state index contributed by atoms with van der Waals surface area (Å²) in [7, 11) is -3.68. The number of nitro benzene ring substituents is 1. The van der Waals surface area contributed by atoms with E-state index in [9.17, 15) is 28.1 Å². The van der Waals surface area contributed by atoms with Crippen molar-refractivity contribution in [3.63, 3.8) is 0 Å². The first-order valence-corrected chi connectivity index (χ1v) is 11.9. The summed E-state index contributed by atoms with van der Waals surface area (Å²) in [6.45, 7) is 1.89. The van der Waals surface area contributed by atoms with Gasteiger partial charge >= 0.3 is 0 Å². The molecule has 2 aromatic carbocycles. The first kappa shape index (κ1) is 19.6. The number of non-ortho nitro benzene ring substituents is 1. The highest BCUT2D eigenvalue weighted by Crippen LogP contribution is 2.66. The third-order valence-corrected chi connectivity index (χ3v) is 9.42. The molecule has 0 spiro atoms. The minimum Gasteiger partial charge on any atom is -0.274 e. The van der Waals surface area contributed by atoms with Crippen LogP contribution in [-0.4, -0.2) is 41.5 Å². The lowest BCUT2D eigenvalue weighted by atomic mass is 9.81. The fourth-order valence-electron chi connectivity index (χ4n) is 6.18. The quantitative estimate of drug-likeness (QED) is 0.303. The largest absolute Gasteiger partial charge is 0.274 e. The molecule has 3 unspecified atom stereocenters. The molecule has 2 heterocycles. The molecule has 32 heavy (non-hydrogen) atoms. The molecule has 2 saturated carbocycles. The van der Waals surface area contributed by atoms with E-state index in [0.717, 1.165) is 10.5 Å². The van der Waals surface area contributed by atoms with Crippen LogP contribution in [0.5, 0.6) is 0 Å². The van der Waals surface area contributed by atoms with Crippen molar-refractivity contribution in [2.24, 2.45) is 23.7 Å². The van der Waals surface area contributed by atoms with Gasteiger partial charge in [0.05, 0.1) is 27.3 Å². The number of anilines is 1. The fourth-order valence-corrected chi connectivity index (χ4v) is 8.06. The third kappa shape index (κ3) is 2.39. The highest BCUT2D eigenvalue weighted by molar-refractivity contribution is 7.89. The van der Waals surface area contributed by atoms with E-state index in [1.807, 2.05) is 6.92 Å². The number of piperidine rings is 1. The Hall–Kier alpha value is -3.11. The zero-order chi connectivity index (χ0) is 22.5. The maximum absolute atomic E-state index is 13.2. The van der Waals surface area contributed by atoms with Crippen molar-refractivity contribution in [1.29, 1.82) is 0 Å². The Kier molecular flexibility index (Phi) is 3.81. The second-order valence-corrected chi connectivity index (χ2v) is 10.9. The van der Waals surface area contributed by atoms with Crippen LogP contribution in [0, 0.1) is 40.7 Å². The molecule has 4 aliphatic rings. The van der Waals surface area contributed by atoms with E-state index >= 15 is 0 Å². The van der Waals surface area contributed by atoms with Crippen LogP contribution >= 0.6 is 0 Å². The zero-order valence-corrected chi connectivity index (χ0v) is 17.8. The maximum atomic E-state index is 13.2. The average Bonchev–Trinajstić information content (AvgIpc) is 3.15. The second-order valence-electron chi connectivity index (χ2n) is 9.03. The predicted molar refractivity (Wildman–Crippen MR) is 112 cm³/mol. The molecule has 0 radical (unpaired) electrons. The van der Waals surface area contributed by atoms with E-state index < -0.39 is 26.8 Å². The number of sulfonamides is 1. The number of rotatable bonds is 4. The Balaban J connectivity index is 1.28. The third-order valence-electron chi connectivity index (χ3n) is 7.51. The molecule has 164 valence electrons. The molecule has 2 aliphatic heterocycles. The van der Waals surface area contributed by atoms with Gasteiger partial charge in [0.25, 0.3) is 5.69 Å². The molecule has 2 amide bonds. The molecule has 9 nitrogen and oxygen atoms in total. The van der Waals surface area contributed by atoms with Crippen molar-refractivity contribution < 1.29 is 22.9 Å². The molecular weight excluding hydrogens is 434 g/mol. The van der Waals surface area contributed by atoms with Crippen LogP contribution in [-0.2, 0) is 19.6 Å². The summed E-state index contributed by atoms with van der Waals surface area (Å²) in [4.78, 5) is 38.2. The summed E-state index contributed by atoms with van der Waals surface area (Å²) in [5, 5.41) is 10.9. The Morgan fingerprint density at radius 1 is 0.906 bits per heavy atom. The Labute approximate surface area is 183 Å². The lowest BCUT2D eigenvalue weighted by molar-refractivity contribution is -0.384. The first-order valence-electron chi connectivity index (χ1n) is 10.4. The fraction of sp³-hybridized carbons (Fsp3) is 0.364. The molecule has 10 heteroatoms. The minimum absolute atomic E-state index is 0.119. The average molecular weight is 453 g/mol. The molecule has 2 saturated heterocycles. The van der Waals surface area contributed by atoms with E-state index in [4.69, 9.17) is 0 Å². The molecule has 0 N–H and O–H groups in total. The zero-order valence-electron chi connectivity index (χ0n) is 17.0. The summed E-state index contributed by atoms with van der Waals surface area (Å²) in [6, 6.07) is 11.6. The van der Waals surface area contributed by atoms with Gasteiger partial charge in [0.1, 0.15) is 0 Å². The van der Waals surface area contributed by atoms with Crippen LogP contribution in [0.15, 0.2) is 53.4 Å². The van der Waals surface area contributed by atoms with Crippen LogP contribution in [0.1, 0.15) is 12.0 Å². The Morgan fingerprint density at radius 2 is 1.44 bits per heavy atom. The van der Waals surface area contributed by atoms with Crippen molar-refractivity contribution in [3.8, 4) is 0 Å². The van der Waals surface area contributed by atoms with Gasteiger partial charge in [0.2, 0.25) is 21.8 Å². The maximum Gasteiger partial charge on any atom is 0.269 e. The van der Waals surface area contributed by atoms with Crippen LogP contribution < -0.4 is 4.90 Å². The SMILES string of the molecule is Cc1ccc(S(=O)(=O)N2[C@@H]3C4CC([C@H]5C(=O)N(c6ccc([N+](=O)[O-])cc6)C(=O)[C@@H]45)[C@@H]32)cc1. The van der Waals surface area contributed by atoms with Gasteiger partial charge in [-0.25, -0.2) is 8.42 Å². The molecule has 4 fully saturated rings. The molecule has 2 aliphatic carbocycles. The number of hydrogen-bond donors (Lipinski definition) is 0. The van der Waals surface area contributed by atoms with Crippen molar-refractivity contribution in [1.82, 2.24) is 4.31 Å². The van der Waals surface area contributed by atoms with Crippen molar-refractivity contribution in [2.45, 2.75) is 30.3 Å². The highest BCUT2D eigenvalue weighted by atomic mass is 32.2. The van der Waals surface area contributed by atoms with Crippen molar-refractivity contribution >= 4 is 33.2 Å². The van der Waals surface area contributed by atoms with Gasteiger partial charge in [0, 0.05) is 24.2 Å². The minimum atomic E-state index is -3.68. The number of fused-ring (bicyclic) bond motifs is 8. The molecule has 2 aromatic rings. The summed E-state index contributed by atoms with van der Waals surface area (Å²) >= 11 is 0. The van der Waals surface area contributed by atoms with Gasteiger partial charge in [-0.15, -0.1) is 0 Å². The van der Waals surface area contributed by atoms with E-state index in [1.54, 1.807) is 24.3 Å². The standard InChI is InChI=1S/C22H19N3O6S/c1-11-2-8-14(9-3-11)32(30,31)24-19-15-10-16(20(19)24)18-17(15)21(26)23(22(18)27)12-4-6-13(7-5-12)25(28)29/h2-9,15-20H,10H2,1H3/t15?,16?,17-,18+,19+,20-,24?. The number of carbonyl (C=O) groups excluding carboxylic acids is 2. The van der Waals surface area contributed by atoms with Crippen LogP contribution in [0.2, 0.25) is 0 Å². The van der Waals surface area contributed by atoms with Crippen LogP contribution in [0.25, 0.3) is 0 Å². The van der Waals surface area contributed by atoms with E-state index in [-0.39, 0.29) is 46.3 Å². The monoisotopic (exact) mass is 453 g/mol. The number of amides is 2. The molecule has 6 rings (SSSR count). The Bertz CT molecular complexity index is 1260. The number of aryl methyl sites for hydroxylation is 1. The van der Waals surface area contributed by atoms with Gasteiger partial charge in [-0.2, -0.15) is 4.31 Å². The van der Waals surface area contributed by atoms with Gasteiger partial charge in [0.15, 0.2) is 0 Å². The number of nitrogens with zero attached hydrogens (tertiary/aromatic N) is 3. The van der Waals surface area contributed by atoms with Crippen molar-refractivity contribution in [2.75, 3.05) is 4.90 Å². The number of imide groups is 1. The lowest BCUT2D eigenvalue weighted by Gasteiger charge is -2.20. The van der Waals surface area contributed by atoms with E-state index in [2.05, 4.69) is 0 Å². The molecule has 2 bridgehead atoms. The van der Waals surface area contributed by atoms with Gasteiger partial charge in [-0.3, -0.25) is 24.6 Å². The highest BCUT2D eigenvalue weighted by Gasteiger charge is 2.78. The second kappa shape index (κ2) is 6.23. The van der Waals surface area contributed by atoms with Crippen LogP contribution in [0.4, 0.5) is 11.4 Å². The topological polar surface area (TPSA) is 118 Å². The summed E-state index contributed by atoms with van der Waals surface area (Å²) in [5.74, 6) is -2.12. The molecular formula is C22H19N3O6S. The van der Waals surface area contributed by atoms with Crippen LogP contribution in [0.3, 0.4) is 0 Å². The van der Waals surface area contributed by atoms with E-state index in [0.29, 0.717) is 12.1 Å². The number of carbonyl (C=O) groups is 2.